The van der Waals surface area contributed by atoms with Gasteiger partial charge in [0, 0.05) is 18.1 Å². The molecule has 0 N–H and O–H groups in total. The van der Waals surface area contributed by atoms with Gasteiger partial charge in [-0.3, -0.25) is 0 Å². The third-order valence-electron chi connectivity index (χ3n) is 5.57. The van der Waals surface area contributed by atoms with Crippen LogP contribution in [-0.4, -0.2) is 18.8 Å². The van der Waals surface area contributed by atoms with Gasteiger partial charge in [0.1, 0.15) is 41.9 Å². The Morgan fingerprint density at radius 2 is 1.45 bits per heavy atom. The third kappa shape index (κ3) is 5.05. The molecule has 162 valence electrons. The quantitative estimate of drug-likeness (QED) is 0.468. The third-order valence-corrected chi connectivity index (χ3v) is 5.57. The number of aryl methyl sites for hydroxylation is 3. The van der Waals surface area contributed by atoms with Crippen LogP contribution in [0.2, 0.25) is 0 Å². The summed E-state index contributed by atoms with van der Waals surface area (Å²) in [5, 5.41) is 0. The second-order valence-electron chi connectivity index (χ2n) is 8.12. The van der Waals surface area contributed by atoms with E-state index < -0.39 is 23.8 Å². The van der Waals surface area contributed by atoms with Crippen molar-refractivity contribution in [3.05, 3.63) is 94.6 Å². The van der Waals surface area contributed by atoms with Crippen molar-refractivity contribution >= 4 is 0 Å². The second-order valence-corrected chi connectivity index (χ2v) is 8.12. The fourth-order valence-corrected chi connectivity index (χ4v) is 3.72. The first-order valence-electron chi connectivity index (χ1n) is 10.4. The number of benzene rings is 3. The normalized spacial score (nSPS) is 20.6. The molecule has 3 nitrogen and oxygen atoms in total. The van der Waals surface area contributed by atoms with Gasteiger partial charge in [-0.1, -0.05) is 35.4 Å². The highest BCUT2D eigenvalue weighted by Crippen LogP contribution is 2.37. The molecule has 0 spiro atoms. The Labute approximate surface area is 181 Å². The minimum absolute atomic E-state index is 0.262. The first-order valence-corrected chi connectivity index (χ1v) is 10.4. The first kappa shape index (κ1) is 21.3. The van der Waals surface area contributed by atoms with Crippen LogP contribution in [-0.2, 0) is 4.74 Å². The number of hydrogen-bond acceptors (Lipinski definition) is 3. The van der Waals surface area contributed by atoms with Crippen LogP contribution >= 0.6 is 0 Å². The highest BCUT2D eigenvalue weighted by Gasteiger charge is 2.39. The molecular weight excluding hydrogens is 398 g/mol. The molecule has 1 aliphatic heterocycles. The molecule has 0 aromatic heterocycles. The minimum Gasteiger partial charge on any atom is -0.491 e. The van der Waals surface area contributed by atoms with Gasteiger partial charge in [0.05, 0.1) is 6.10 Å². The first-order chi connectivity index (χ1) is 14.9. The van der Waals surface area contributed by atoms with E-state index in [0.717, 1.165) is 28.7 Å². The van der Waals surface area contributed by atoms with Crippen LogP contribution in [0.1, 0.15) is 34.8 Å². The van der Waals surface area contributed by atoms with Gasteiger partial charge < -0.3 is 14.2 Å². The Balaban J connectivity index is 1.54. The molecule has 3 aromatic rings. The second kappa shape index (κ2) is 9.06. The summed E-state index contributed by atoms with van der Waals surface area (Å²) >= 11 is 0. The number of halogens is 2. The lowest BCUT2D eigenvalue weighted by atomic mass is 10.0. The van der Waals surface area contributed by atoms with Crippen molar-refractivity contribution in [2.45, 2.75) is 45.5 Å². The zero-order valence-corrected chi connectivity index (χ0v) is 17.9. The lowest BCUT2D eigenvalue weighted by Gasteiger charge is -2.20. The number of hydrogen-bond donors (Lipinski definition) is 0. The number of rotatable bonds is 6. The lowest BCUT2D eigenvalue weighted by Crippen LogP contribution is -2.32. The molecule has 5 heteroatoms. The fourth-order valence-electron chi connectivity index (χ4n) is 3.72. The Bertz CT molecular complexity index is 1030. The SMILES string of the molecule is Cc1ccc(OC[C@H]2O[C@H](c3cc(C)c(F)cc3F)C[C@@H]2Oc2ccc(C)cc2)cc1. The zero-order valence-electron chi connectivity index (χ0n) is 17.9. The molecule has 0 amide bonds. The topological polar surface area (TPSA) is 27.7 Å². The summed E-state index contributed by atoms with van der Waals surface area (Å²) in [6.45, 7) is 5.90. The molecule has 3 atom stereocenters. The predicted octanol–water partition coefficient (Wildman–Crippen LogP) is 6.25. The van der Waals surface area contributed by atoms with Gasteiger partial charge in [0.15, 0.2) is 0 Å². The van der Waals surface area contributed by atoms with Gasteiger partial charge in [0.25, 0.3) is 0 Å². The lowest BCUT2D eigenvalue weighted by molar-refractivity contribution is -0.0117. The maximum absolute atomic E-state index is 14.5. The highest BCUT2D eigenvalue weighted by molar-refractivity contribution is 5.30. The van der Waals surface area contributed by atoms with E-state index in [9.17, 15) is 8.78 Å². The molecule has 0 radical (unpaired) electrons. The molecule has 31 heavy (non-hydrogen) atoms. The minimum atomic E-state index is -0.609. The Hall–Kier alpha value is -2.92. The van der Waals surface area contributed by atoms with E-state index in [0.29, 0.717) is 17.5 Å². The van der Waals surface area contributed by atoms with Gasteiger partial charge in [-0.2, -0.15) is 0 Å². The fraction of sp³-hybridized carbons (Fsp3) is 0.308. The maximum Gasteiger partial charge on any atom is 0.131 e. The molecule has 0 aliphatic carbocycles. The Kier molecular flexibility index (Phi) is 6.23. The van der Waals surface area contributed by atoms with Gasteiger partial charge in [-0.25, -0.2) is 8.78 Å². The molecule has 1 aliphatic rings. The zero-order chi connectivity index (χ0) is 22.0. The largest absolute Gasteiger partial charge is 0.491 e. The number of ether oxygens (including phenoxy) is 3. The van der Waals surface area contributed by atoms with Crippen molar-refractivity contribution in [3.63, 3.8) is 0 Å². The van der Waals surface area contributed by atoms with Crippen molar-refractivity contribution in [2.75, 3.05) is 6.61 Å². The summed E-state index contributed by atoms with van der Waals surface area (Å²) < 4.78 is 46.5. The van der Waals surface area contributed by atoms with Gasteiger partial charge in [-0.15, -0.1) is 0 Å². The van der Waals surface area contributed by atoms with Crippen LogP contribution in [0.5, 0.6) is 11.5 Å². The molecule has 1 fully saturated rings. The summed E-state index contributed by atoms with van der Waals surface area (Å²) in [6.07, 6.45) is -0.834. The summed E-state index contributed by atoms with van der Waals surface area (Å²) in [7, 11) is 0. The molecule has 0 saturated carbocycles. The van der Waals surface area contributed by atoms with Crippen LogP contribution in [0.15, 0.2) is 60.7 Å². The van der Waals surface area contributed by atoms with E-state index in [4.69, 9.17) is 14.2 Å². The predicted molar refractivity (Wildman–Crippen MR) is 116 cm³/mol. The summed E-state index contributed by atoms with van der Waals surface area (Å²) in [6, 6.07) is 18.0. The van der Waals surface area contributed by atoms with E-state index in [1.165, 1.54) is 6.07 Å². The van der Waals surface area contributed by atoms with Gasteiger partial charge in [-0.05, 0) is 56.7 Å². The van der Waals surface area contributed by atoms with Crippen LogP contribution in [0.3, 0.4) is 0 Å². The molecule has 1 saturated heterocycles. The Morgan fingerprint density at radius 3 is 2.10 bits per heavy atom. The van der Waals surface area contributed by atoms with Crippen molar-refractivity contribution in [2.24, 2.45) is 0 Å². The molecule has 4 rings (SSSR count). The van der Waals surface area contributed by atoms with E-state index >= 15 is 0 Å². The molecule has 0 bridgehead atoms. The van der Waals surface area contributed by atoms with Crippen molar-refractivity contribution in [3.8, 4) is 11.5 Å². The van der Waals surface area contributed by atoms with Crippen LogP contribution in [0.4, 0.5) is 8.78 Å². The van der Waals surface area contributed by atoms with Crippen molar-refractivity contribution in [1.29, 1.82) is 0 Å². The summed E-state index contributed by atoms with van der Waals surface area (Å²) in [5.74, 6) is 0.278. The van der Waals surface area contributed by atoms with Crippen LogP contribution < -0.4 is 9.47 Å². The average molecular weight is 424 g/mol. The molecule has 1 heterocycles. The van der Waals surface area contributed by atoms with Crippen molar-refractivity contribution < 1.29 is 23.0 Å². The summed E-state index contributed by atoms with van der Waals surface area (Å²) in [5.41, 5.74) is 3.01. The standard InChI is InChI=1S/C26H26F2O3/c1-16-4-8-19(9-5-16)29-15-26-25(30-20-10-6-17(2)7-11-20)14-24(31-26)21-12-18(3)22(27)13-23(21)28/h4-13,24-26H,14-15H2,1-3H3/t24-,25-,26+/m0/s1. The monoisotopic (exact) mass is 424 g/mol. The van der Waals surface area contributed by atoms with Crippen LogP contribution in [0.25, 0.3) is 0 Å². The van der Waals surface area contributed by atoms with Gasteiger partial charge >= 0.3 is 0 Å². The molecule has 3 aromatic carbocycles. The van der Waals surface area contributed by atoms with E-state index in [1.807, 2.05) is 62.4 Å². The highest BCUT2D eigenvalue weighted by atomic mass is 19.1. The van der Waals surface area contributed by atoms with Crippen LogP contribution in [0, 0.1) is 32.4 Å². The van der Waals surface area contributed by atoms with E-state index in [2.05, 4.69) is 0 Å². The average Bonchev–Trinajstić information content (AvgIpc) is 3.14. The van der Waals surface area contributed by atoms with E-state index in [1.54, 1.807) is 6.92 Å². The van der Waals surface area contributed by atoms with Gasteiger partial charge in [0.2, 0.25) is 0 Å². The smallest absolute Gasteiger partial charge is 0.131 e. The molecule has 0 unspecified atom stereocenters. The Morgan fingerprint density at radius 1 is 0.839 bits per heavy atom. The molecular formula is C26H26F2O3. The summed E-state index contributed by atoms with van der Waals surface area (Å²) in [4.78, 5) is 0. The van der Waals surface area contributed by atoms with E-state index in [-0.39, 0.29) is 12.7 Å². The van der Waals surface area contributed by atoms with Crippen molar-refractivity contribution in [1.82, 2.24) is 0 Å². The maximum atomic E-state index is 14.5.